The molecule has 2 aromatic carbocycles. The van der Waals surface area contributed by atoms with Crippen LogP contribution in [0.4, 0.5) is 0 Å². The first-order valence-corrected chi connectivity index (χ1v) is 9.09. The van der Waals surface area contributed by atoms with E-state index in [1.807, 2.05) is 24.3 Å². The average Bonchev–Trinajstić information content (AvgIpc) is 2.99. The molecule has 0 saturated carbocycles. The van der Waals surface area contributed by atoms with Gasteiger partial charge < -0.3 is 24.6 Å². The van der Waals surface area contributed by atoms with Crippen LogP contribution >= 0.6 is 15.9 Å². The molecular weight excluding hydrogens is 418 g/mol. The third kappa shape index (κ3) is 3.09. The number of benzene rings is 2. The Bertz CT molecular complexity index is 901. The van der Waals surface area contributed by atoms with Crippen molar-refractivity contribution in [2.75, 3.05) is 6.54 Å². The summed E-state index contributed by atoms with van der Waals surface area (Å²) >= 11 is 3.47. The maximum absolute atomic E-state index is 12.8. The van der Waals surface area contributed by atoms with Crippen molar-refractivity contribution in [3.05, 3.63) is 64.1 Å². The monoisotopic (exact) mass is 433 g/mol. The van der Waals surface area contributed by atoms with Gasteiger partial charge in [-0.1, -0.05) is 34.1 Å². The Balaban J connectivity index is 1.71. The molecule has 3 atom stereocenters. The highest BCUT2D eigenvalue weighted by molar-refractivity contribution is 9.10. The van der Waals surface area contributed by atoms with Crippen LogP contribution < -0.4 is 0 Å². The lowest BCUT2D eigenvalue weighted by atomic mass is 10.0. The van der Waals surface area contributed by atoms with E-state index in [0.29, 0.717) is 5.56 Å². The largest absolute Gasteiger partial charge is 0.508 e. The third-order valence-corrected chi connectivity index (χ3v) is 5.51. The predicted molar refractivity (Wildman–Crippen MR) is 96.7 cm³/mol. The van der Waals surface area contributed by atoms with E-state index in [-0.39, 0.29) is 18.8 Å². The lowest BCUT2D eigenvalue weighted by Crippen LogP contribution is -2.53. The number of hydrogen-bond acceptors (Lipinski definition) is 5. The SMILES string of the molecule is O=C(O)C1OC2(c3ccc(O)cc3)CN(Cc3ccccc3Br)C(=O)C1O2. The molecule has 2 aromatic rings. The number of carboxylic acid groups (broad SMARTS) is 1. The summed E-state index contributed by atoms with van der Waals surface area (Å²) in [5, 5.41) is 19.0. The number of phenols is 1. The summed E-state index contributed by atoms with van der Waals surface area (Å²) in [6.45, 7) is 0.327. The highest BCUT2D eigenvalue weighted by Gasteiger charge is 2.60. The molecule has 8 heteroatoms. The number of morpholine rings is 1. The van der Waals surface area contributed by atoms with E-state index < -0.39 is 29.9 Å². The molecule has 2 bridgehead atoms. The molecule has 2 heterocycles. The average molecular weight is 434 g/mol. The summed E-state index contributed by atoms with van der Waals surface area (Å²) < 4.78 is 12.4. The summed E-state index contributed by atoms with van der Waals surface area (Å²) in [5.41, 5.74) is 1.43. The quantitative estimate of drug-likeness (QED) is 0.767. The second-order valence-corrected chi connectivity index (χ2v) is 7.35. The minimum absolute atomic E-state index is 0.0399. The lowest BCUT2D eigenvalue weighted by Gasteiger charge is -2.38. The standard InChI is InChI=1S/C19H16BrNO6/c20-14-4-2-1-3-11(14)9-21-10-19(12-5-7-13(22)8-6-12)26-15(17(21)23)16(27-19)18(24)25/h1-8,15-16,22H,9-10H2,(H,24,25). The number of ether oxygens (including phenoxy) is 2. The van der Waals surface area contributed by atoms with Gasteiger partial charge in [-0.2, -0.15) is 0 Å². The Morgan fingerprint density at radius 3 is 2.56 bits per heavy atom. The van der Waals surface area contributed by atoms with Crippen molar-refractivity contribution in [3.8, 4) is 5.75 Å². The van der Waals surface area contributed by atoms with E-state index in [9.17, 15) is 19.8 Å². The number of halogens is 1. The zero-order valence-electron chi connectivity index (χ0n) is 14.0. The van der Waals surface area contributed by atoms with Crippen LogP contribution in [-0.4, -0.2) is 45.7 Å². The molecule has 3 unspecified atom stereocenters. The van der Waals surface area contributed by atoms with Crippen LogP contribution in [0.2, 0.25) is 0 Å². The Morgan fingerprint density at radius 2 is 1.89 bits per heavy atom. The number of aliphatic carboxylic acids is 1. The van der Waals surface area contributed by atoms with Crippen molar-refractivity contribution in [2.45, 2.75) is 24.5 Å². The molecule has 0 aromatic heterocycles. The van der Waals surface area contributed by atoms with Gasteiger partial charge in [0.25, 0.3) is 5.91 Å². The second-order valence-electron chi connectivity index (χ2n) is 6.50. The molecule has 2 saturated heterocycles. The molecule has 0 aliphatic carbocycles. The van der Waals surface area contributed by atoms with E-state index in [1.165, 1.54) is 12.1 Å². The molecule has 0 radical (unpaired) electrons. The first kappa shape index (κ1) is 18.0. The number of fused-ring (bicyclic) bond motifs is 2. The fraction of sp³-hybridized carbons (Fsp3) is 0.263. The predicted octanol–water partition coefficient (Wildman–Crippen LogP) is 2.22. The van der Waals surface area contributed by atoms with Gasteiger partial charge in [-0.25, -0.2) is 4.79 Å². The van der Waals surface area contributed by atoms with Gasteiger partial charge >= 0.3 is 5.97 Å². The van der Waals surface area contributed by atoms with Crippen LogP contribution in [0.3, 0.4) is 0 Å². The minimum Gasteiger partial charge on any atom is -0.508 e. The molecule has 2 aliphatic rings. The number of phenolic OH excluding ortho intramolecular Hbond substituents is 1. The number of rotatable bonds is 4. The zero-order chi connectivity index (χ0) is 19.2. The fourth-order valence-corrected chi connectivity index (χ4v) is 3.82. The van der Waals surface area contributed by atoms with E-state index >= 15 is 0 Å². The molecule has 2 fully saturated rings. The Morgan fingerprint density at radius 1 is 1.19 bits per heavy atom. The maximum Gasteiger partial charge on any atom is 0.336 e. The van der Waals surface area contributed by atoms with Crippen molar-refractivity contribution in [3.63, 3.8) is 0 Å². The van der Waals surface area contributed by atoms with Crippen molar-refractivity contribution in [1.82, 2.24) is 4.90 Å². The first-order chi connectivity index (χ1) is 12.9. The van der Waals surface area contributed by atoms with Gasteiger partial charge in [0, 0.05) is 16.6 Å². The van der Waals surface area contributed by atoms with Crippen molar-refractivity contribution in [2.24, 2.45) is 0 Å². The number of aromatic hydroxyl groups is 1. The normalized spacial score (nSPS) is 27.0. The zero-order valence-corrected chi connectivity index (χ0v) is 15.6. The van der Waals surface area contributed by atoms with Gasteiger partial charge in [0.05, 0.1) is 6.54 Å². The van der Waals surface area contributed by atoms with Gasteiger partial charge in [0.15, 0.2) is 12.2 Å². The first-order valence-electron chi connectivity index (χ1n) is 8.30. The molecule has 2 aliphatic heterocycles. The van der Waals surface area contributed by atoms with Gasteiger partial charge in [-0.15, -0.1) is 0 Å². The van der Waals surface area contributed by atoms with Crippen molar-refractivity contribution in [1.29, 1.82) is 0 Å². The molecule has 1 amide bonds. The van der Waals surface area contributed by atoms with Crippen LogP contribution in [0, 0.1) is 0 Å². The van der Waals surface area contributed by atoms with Gasteiger partial charge in [0.1, 0.15) is 5.75 Å². The summed E-state index contributed by atoms with van der Waals surface area (Å²) in [5.74, 6) is -3.01. The van der Waals surface area contributed by atoms with Crippen molar-refractivity contribution >= 4 is 27.8 Å². The topological polar surface area (TPSA) is 96.3 Å². The highest BCUT2D eigenvalue weighted by atomic mass is 79.9. The Kier molecular flexibility index (Phi) is 4.41. The Labute approximate surface area is 163 Å². The van der Waals surface area contributed by atoms with Crippen LogP contribution in [0.5, 0.6) is 5.75 Å². The number of nitrogens with zero attached hydrogens (tertiary/aromatic N) is 1. The van der Waals surface area contributed by atoms with Crippen LogP contribution in [0.15, 0.2) is 53.0 Å². The van der Waals surface area contributed by atoms with Gasteiger partial charge in [-0.05, 0) is 35.9 Å². The number of carbonyl (C=O) groups excluding carboxylic acids is 1. The van der Waals surface area contributed by atoms with Crippen molar-refractivity contribution < 1.29 is 29.3 Å². The number of carbonyl (C=O) groups is 2. The van der Waals surface area contributed by atoms with Gasteiger partial charge in [0.2, 0.25) is 5.79 Å². The molecule has 7 nitrogen and oxygen atoms in total. The van der Waals surface area contributed by atoms with E-state index in [0.717, 1.165) is 10.0 Å². The fourth-order valence-electron chi connectivity index (χ4n) is 3.41. The minimum atomic E-state index is -1.39. The van der Waals surface area contributed by atoms with E-state index in [2.05, 4.69) is 15.9 Å². The molecular formula is C19H16BrNO6. The maximum atomic E-state index is 12.8. The van der Waals surface area contributed by atoms with E-state index in [1.54, 1.807) is 17.0 Å². The molecule has 0 spiro atoms. The number of amides is 1. The summed E-state index contributed by atoms with van der Waals surface area (Å²) in [6, 6.07) is 13.6. The van der Waals surface area contributed by atoms with E-state index in [4.69, 9.17) is 9.47 Å². The Hall–Kier alpha value is -2.42. The molecule has 27 heavy (non-hydrogen) atoms. The lowest BCUT2D eigenvalue weighted by molar-refractivity contribution is -0.219. The number of carboxylic acids is 1. The second kappa shape index (κ2) is 6.63. The molecule has 4 rings (SSSR count). The summed E-state index contributed by atoms with van der Waals surface area (Å²) in [4.78, 5) is 26.0. The van der Waals surface area contributed by atoms with Crippen LogP contribution in [0.25, 0.3) is 0 Å². The molecule has 140 valence electrons. The number of hydrogen-bond donors (Lipinski definition) is 2. The summed E-state index contributed by atoms with van der Waals surface area (Å²) in [6.07, 6.45) is -2.62. The van der Waals surface area contributed by atoms with Gasteiger partial charge in [-0.3, -0.25) is 4.79 Å². The summed E-state index contributed by atoms with van der Waals surface area (Å²) in [7, 11) is 0. The highest BCUT2D eigenvalue weighted by Crippen LogP contribution is 2.43. The molecule has 2 N–H and O–H groups in total. The van der Waals surface area contributed by atoms with Crippen LogP contribution in [0.1, 0.15) is 11.1 Å². The van der Waals surface area contributed by atoms with Crippen LogP contribution in [-0.2, 0) is 31.4 Å². The smallest absolute Gasteiger partial charge is 0.336 e. The third-order valence-electron chi connectivity index (χ3n) is 4.73.